The molecule has 1 fully saturated rings. The number of nitrogens with one attached hydrogen (secondary N) is 1. The van der Waals surface area contributed by atoms with E-state index in [1.807, 2.05) is 24.3 Å². The van der Waals surface area contributed by atoms with Crippen LogP contribution in [0.3, 0.4) is 0 Å². The van der Waals surface area contributed by atoms with Gasteiger partial charge >= 0.3 is 0 Å². The van der Waals surface area contributed by atoms with Crippen molar-refractivity contribution in [3.63, 3.8) is 0 Å². The maximum Gasteiger partial charge on any atom is 0.224 e. The molecule has 0 spiro atoms. The number of carbonyl (C=O) groups excluding carboxylic acids is 1. The largest absolute Gasteiger partial charge is 0.497 e. The Labute approximate surface area is 173 Å². The number of hydrogen-bond acceptors (Lipinski definition) is 4. The van der Waals surface area contributed by atoms with Crippen LogP contribution in [0.15, 0.2) is 42.5 Å². The van der Waals surface area contributed by atoms with Gasteiger partial charge in [0.2, 0.25) is 5.91 Å². The summed E-state index contributed by atoms with van der Waals surface area (Å²) in [7, 11) is 1.69. The van der Waals surface area contributed by atoms with Gasteiger partial charge in [-0.2, -0.15) is 0 Å². The summed E-state index contributed by atoms with van der Waals surface area (Å²) in [6, 6.07) is 14.4. The van der Waals surface area contributed by atoms with Gasteiger partial charge in [0.1, 0.15) is 11.5 Å². The Balaban J connectivity index is 1.17. The van der Waals surface area contributed by atoms with E-state index < -0.39 is 0 Å². The fourth-order valence-electron chi connectivity index (χ4n) is 4.19. The third-order valence-electron chi connectivity index (χ3n) is 5.98. The summed E-state index contributed by atoms with van der Waals surface area (Å²) in [5, 5.41) is 3.14. The van der Waals surface area contributed by atoms with E-state index in [4.69, 9.17) is 9.47 Å². The average Bonchev–Trinajstić information content (AvgIpc) is 3.22. The highest BCUT2D eigenvalue weighted by Crippen LogP contribution is 2.26. The molecular formula is C24H30N2O3. The van der Waals surface area contributed by atoms with Gasteiger partial charge < -0.3 is 14.8 Å². The molecule has 2 aromatic rings. The van der Waals surface area contributed by atoms with Crippen molar-refractivity contribution in [2.45, 2.75) is 32.2 Å². The number of likely N-dealkylation sites (tertiary alicyclic amines) is 1. The van der Waals surface area contributed by atoms with E-state index in [1.165, 1.54) is 11.1 Å². The van der Waals surface area contributed by atoms with Crippen molar-refractivity contribution in [3.05, 3.63) is 59.2 Å². The minimum absolute atomic E-state index is 0.115. The van der Waals surface area contributed by atoms with Gasteiger partial charge in [-0.15, -0.1) is 0 Å². The monoisotopic (exact) mass is 394 g/mol. The van der Waals surface area contributed by atoms with E-state index in [0.29, 0.717) is 12.3 Å². The van der Waals surface area contributed by atoms with E-state index in [0.717, 1.165) is 69.1 Å². The predicted molar refractivity (Wildman–Crippen MR) is 113 cm³/mol. The van der Waals surface area contributed by atoms with Crippen LogP contribution in [0.1, 0.15) is 29.5 Å². The topological polar surface area (TPSA) is 50.8 Å². The zero-order valence-electron chi connectivity index (χ0n) is 17.2. The number of carbonyl (C=O) groups is 1. The fraction of sp³-hybridized carbons (Fsp3) is 0.458. The minimum atomic E-state index is 0.115. The van der Waals surface area contributed by atoms with Crippen molar-refractivity contribution in [1.82, 2.24) is 10.2 Å². The second kappa shape index (κ2) is 9.31. The third-order valence-corrected chi connectivity index (χ3v) is 5.98. The summed E-state index contributed by atoms with van der Waals surface area (Å²) in [5.74, 6) is 2.55. The molecule has 2 aromatic carbocycles. The molecule has 0 saturated carbocycles. The van der Waals surface area contributed by atoms with Gasteiger partial charge in [0, 0.05) is 19.5 Å². The summed E-state index contributed by atoms with van der Waals surface area (Å²) in [4.78, 5) is 14.8. The van der Waals surface area contributed by atoms with Crippen LogP contribution in [0.25, 0.3) is 0 Å². The minimum Gasteiger partial charge on any atom is -0.497 e. The predicted octanol–water partition coefficient (Wildman–Crippen LogP) is 3.20. The van der Waals surface area contributed by atoms with Crippen LogP contribution < -0.4 is 14.8 Å². The Kier molecular flexibility index (Phi) is 6.35. The number of piperidine rings is 1. The first-order chi connectivity index (χ1) is 14.2. The van der Waals surface area contributed by atoms with Crippen LogP contribution >= 0.6 is 0 Å². The Morgan fingerprint density at radius 2 is 1.90 bits per heavy atom. The van der Waals surface area contributed by atoms with Gasteiger partial charge in [0.25, 0.3) is 0 Å². The van der Waals surface area contributed by atoms with Crippen molar-refractivity contribution in [2.24, 2.45) is 5.92 Å². The molecule has 0 aromatic heterocycles. The Hall–Kier alpha value is -2.53. The highest BCUT2D eigenvalue weighted by molar-refractivity contribution is 5.78. The van der Waals surface area contributed by atoms with Crippen molar-refractivity contribution < 1.29 is 14.3 Å². The summed E-state index contributed by atoms with van der Waals surface area (Å²) in [6.07, 6.45) is 3.66. The first-order valence-electron chi connectivity index (χ1n) is 10.6. The number of nitrogens with zero attached hydrogens (tertiary/aromatic N) is 1. The summed E-state index contributed by atoms with van der Waals surface area (Å²) >= 11 is 0. The van der Waals surface area contributed by atoms with Crippen LogP contribution in [0.2, 0.25) is 0 Å². The molecule has 4 rings (SSSR count). The van der Waals surface area contributed by atoms with Gasteiger partial charge in [0.15, 0.2) is 0 Å². The lowest BCUT2D eigenvalue weighted by Gasteiger charge is -2.32. The molecule has 29 heavy (non-hydrogen) atoms. The molecule has 1 amide bonds. The number of amides is 1. The maximum absolute atomic E-state index is 12.4. The molecule has 5 heteroatoms. The van der Waals surface area contributed by atoms with Crippen molar-refractivity contribution >= 4 is 5.91 Å². The van der Waals surface area contributed by atoms with E-state index in [2.05, 4.69) is 28.4 Å². The number of hydrogen-bond donors (Lipinski definition) is 1. The Morgan fingerprint density at radius 1 is 1.14 bits per heavy atom. The van der Waals surface area contributed by atoms with Crippen LogP contribution in [-0.4, -0.2) is 44.2 Å². The molecule has 0 bridgehead atoms. The standard InChI is InChI=1S/C24H30N2O3/c1-28-22-5-2-19(3-6-22)17-26-11-8-18(9-12-26)16-25-24(27)15-20-4-7-23-21(14-20)10-13-29-23/h2-7,14,18H,8-13,15-17H2,1H3,(H,25,27). The molecular weight excluding hydrogens is 364 g/mol. The highest BCUT2D eigenvalue weighted by atomic mass is 16.5. The second-order valence-electron chi connectivity index (χ2n) is 8.09. The quantitative estimate of drug-likeness (QED) is 0.784. The molecule has 0 unspecified atom stereocenters. The van der Waals surface area contributed by atoms with Gasteiger partial charge in [-0.1, -0.05) is 24.3 Å². The molecule has 0 radical (unpaired) electrons. The first-order valence-corrected chi connectivity index (χ1v) is 10.6. The fourth-order valence-corrected chi connectivity index (χ4v) is 4.19. The van der Waals surface area contributed by atoms with Gasteiger partial charge in [-0.05, 0) is 66.7 Å². The lowest BCUT2D eigenvalue weighted by molar-refractivity contribution is -0.120. The van der Waals surface area contributed by atoms with Gasteiger partial charge in [-0.3, -0.25) is 9.69 Å². The molecule has 0 aliphatic carbocycles. The van der Waals surface area contributed by atoms with E-state index in [9.17, 15) is 4.79 Å². The van der Waals surface area contributed by atoms with Gasteiger partial charge in [0.05, 0.1) is 20.1 Å². The number of rotatable bonds is 7. The number of benzene rings is 2. The smallest absolute Gasteiger partial charge is 0.224 e. The Bertz CT molecular complexity index is 827. The van der Waals surface area contributed by atoms with E-state index in [1.54, 1.807) is 7.11 Å². The molecule has 1 saturated heterocycles. The van der Waals surface area contributed by atoms with Crippen LogP contribution in [-0.2, 0) is 24.2 Å². The van der Waals surface area contributed by atoms with Crippen molar-refractivity contribution in [3.8, 4) is 11.5 Å². The van der Waals surface area contributed by atoms with E-state index >= 15 is 0 Å². The molecule has 2 aliphatic rings. The maximum atomic E-state index is 12.4. The number of methoxy groups -OCH3 is 1. The lowest BCUT2D eigenvalue weighted by Crippen LogP contribution is -2.38. The third kappa shape index (κ3) is 5.30. The number of ether oxygens (including phenoxy) is 2. The molecule has 154 valence electrons. The van der Waals surface area contributed by atoms with E-state index in [-0.39, 0.29) is 5.91 Å². The second-order valence-corrected chi connectivity index (χ2v) is 8.09. The zero-order chi connectivity index (χ0) is 20.1. The van der Waals surface area contributed by atoms with Crippen LogP contribution in [0.4, 0.5) is 0 Å². The zero-order valence-corrected chi connectivity index (χ0v) is 17.2. The molecule has 0 atom stereocenters. The normalized spacial score (nSPS) is 16.9. The van der Waals surface area contributed by atoms with Crippen molar-refractivity contribution in [1.29, 1.82) is 0 Å². The summed E-state index contributed by atoms with van der Waals surface area (Å²) in [6.45, 7) is 4.67. The highest BCUT2D eigenvalue weighted by Gasteiger charge is 2.20. The average molecular weight is 395 g/mol. The molecule has 2 heterocycles. The molecule has 1 N–H and O–H groups in total. The summed E-state index contributed by atoms with van der Waals surface area (Å²) < 4.78 is 10.8. The SMILES string of the molecule is COc1ccc(CN2CCC(CNC(=O)Cc3ccc4c(c3)CCO4)CC2)cc1. The lowest BCUT2D eigenvalue weighted by atomic mass is 9.96. The molecule has 2 aliphatic heterocycles. The van der Waals surface area contributed by atoms with Crippen LogP contribution in [0.5, 0.6) is 11.5 Å². The summed E-state index contributed by atoms with van der Waals surface area (Å²) in [5.41, 5.74) is 3.61. The number of fused-ring (bicyclic) bond motifs is 1. The Morgan fingerprint density at radius 3 is 2.66 bits per heavy atom. The van der Waals surface area contributed by atoms with Gasteiger partial charge in [-0.25, -0.2) is 0 Å². The molecule has 5 nitrogen and oxygen atoms in total. The first kappa shape index (κ1) is 19.8. The van der Waals surface area contributed by atoms with Crippen molar-refractivity contribution in [2.75, 3.05) is 33.4 Å². The van der Waals surface area contributed by atoms with Crippen LogP contribution in [0, 0.1) is 5.92 Å².